The first kappa shape index (κ1) is 11.8. The van der Waals surface area contributed by atoms with Gasteiger partial charge in [-0.05, 0) is 24.3 Å². The molecule has 18 heavy (non-hydrogen) atoms. The molecule has 2 aromatic heterocycles. The zero-order chi connectivity index (χ0) is 13.1. The Bertz CT molecular complexity index is 632. The van der Waals surface area contributed by atoms with Gasteiger partial charge in [-0.25, -0.2) is 9.78 Å². The zero-order valence-electron chi connectivity index (χ0n) is 9.66. The predicted molar refractivity (Wildman–Crippen MR) is 65.6 cm³/mol. The minimum absolute atomic E-state index is 0.136. The topological polar surface area (TPSA) is 87.2 Å². The Balaban J connectivity index is 2.44. The molecule has 0 aromatic carbocycles. The first-order valence-corrected chi connectivity index (χ1v) is 5.15. The number of aromatic nitrogens is 2. The van der Waals surface area contributed by atoms with E-state index >= 15 is 0 Å². The summed E-state index contributed by atoms with van der Waals surface area (Å²) in [6.45, 7) is 0. The van der Waals surface area contributed by atoms with E-state index < -0.39 is 5.97 Å². The summed E-state index contributed by atoms with van der Waals surface area (Å²) in [5.74, 6) is -0.0890. The summed E-state index contributed by atoms with van der Waals surface area (Å²) in [6, 6.07) is 6.24. The molecule has 6 nitrogen and oxygen atoms in total. The first-order valence-electron chi connectivity index (χ1n) is 5.15. The maximum absolute atomic E-state index is 11.8. The smallest absolute Gasteiger partial charge is 0.339 e. The van der Waals surface area contributed by atoms with Crippen molar-refractivity contribution in [3.63, 3.8) is 0 Å². The van der Waals surface area contributed by atoms with Gasteiger partial charge in [-0.15, -0.1) is 0 Å². The van der Waals surface area contributed by atoms with Gasteiger partial charge in [0.05, 0.1) is 18.4 Å². The number of pyridine rings is 2. The van der Waals surface area contributed by atoms with Crippen molar-refractivity contribution in [1.29, 1.82) is 0 Å². The molecule has 2 N–H and O–H groups in total. The van der Waals surface area contributed by atoms with Gasteiger partial charge in [-0.1, -0.05) is 0 Å². The second kappa shape index (κ2) is 4.70. The third-order valence-corrected chi connectivity index (χ3v) is 2.39. The van der Waals surface area contributed by atoms with Gasteiger partial charge >= 0.3 is 5.97 Å². The minimum atomic E-state index is -0.478. The molecule has 0 saturated carbocycles. The summed E-state index contributed by atoms with van der Waals surface area (Å²) in [4.78, 5) is 27.0. The van der Waals surface area contributed by atoms with Crippen LogP contribution in [0.1, 0.15) is 10.4 Å². The average molecular weight is 245 g/mol. The fraction of sp³-hybridized carbons (Fsp3) is 0.0833. The van der Waals surface area contributed by atoms with Gasteiger partial charge in [0.1, 0.15) is 5.82 Å². The lowest BCUT2D eigenvalue weighted by Gasteiger charge is -2.05. The first-order chi connectivity index (χ1) is 8.63. The van der Waals surface area contributed by atoms with Crippen LogP contribution in [0.15, 0.2) is 41.5 Å². The summed E-state index contributed by atoms with van der Waals surface area (Å²) in [6.07, 6.45) is 2.90. The number of esters is 1. The highest BCUT2D eigenvalue weighted by Crippen LogP contribution is 2.05. The van der Waals surface area contributed by atoms with Crippen molar-refractivity contribution in [3.05, 3.63) is 52.6 Å². The van der Waals surface area contributed by atoms with Crippen LogP contribution >= 0.6 is 0 Å². The van der Waals surface area contributed by atoms with E-state index in [9.17, 15) is 9.59 Å². The minimum Gasteiger partial charge on any atom is -0.465 e. The molecule has 0 aliphatic carbocycles. The number of carbonyl (C=O) groups is 1. The molecule has 2 heterocycles. The number of nitrogens with zero attached hydrogens (tertiary/aromatic N) is 2. The van der Waals surface area contributed by atoms with E-state index in [0.717, 1.165) is 0 Å². The van der Waals surface area contributed by atoms with Crippen molar-refractivity contribution >= 4 is 11.7 Å². The molecule has 0 amide bonds. The Morgan fingerprint density at radius 3 is 2.78 bits per heavy atom. The molecule has 92 valence electrons. The van der Waals surface area contributed by atoms with E-state index in [1.54, 1.807) is 18.3 Å². The normalized spacial score (nSPS) is 10.1. The van der Waals surface area contributed by atoms with E-state index in [2.05, 4.69) is 9.72 Å². The van der Waals surface area contributed by atoms with Crippen molar-refractivity contribution in [2.75, 3.05) is 12.8 Å². The Morgan fingerprint density at radius 2 is 2.17 bits per heavy atom. The number of anilines is 1. The molecule has 2 aromatic rings. The van der Waals surface area contributed by atoms with E-state index in [4.69, 9.17) is 5.73 Å². The van der Waals surface area contributed by atoms with Crippen LogP contribution in [0, 0.1) is 0 Å². The van der Waals surface area contributed by atoms with E-state index in [0.29, 0.717) is 11.4 Å². The fourth-order valence-corrected chi connectivity index (χ4v) is 1.46. The molecular weight excluding hydrogens is 234 g/mol. The molecule has 0 unspecified atom stereocenters. The van der Waals surface area contributed by atoms with Gasteiger partial charge in [0, 0.05) is 12.4 Å². The number of nitrogens with two attached hydrogens (primary N) is 1. The maximum atomic E-state index is 11.8. The van der Waals surface area contributed by atoms with Crippen LogP contribution in [0.2, 0.25) is 0 Å². The summed E-state index contributed by atoms with van der Waals surface area (Å²) in [5.41, 5.74) is 5.62. The average Bonchev–Trinajstić information content (AvgIpc) is 2.41. The molecule has 0 spiro atoms. The monoisotopic (exact) mass is 245 g/mol. The van der Waals surface area contributed by atoms with Gasteiger partial charge < -0.3 is 10.5 Å². The van der Waals surface area contributed by atoms with Crippen LogP contribution in [-0.4, -0.2) is 22.6 Å². The van der Waals surface area contributed by atoms with Crippen molar-refractivity contribution in [1.82, 2.24) is 9.55 Å². The summed E-state index contributed by atoms with van der Waals surface area (Å²) < 4.78 is 5.86. The van der Waals surface area contributed by atoms with Crippen LogP contribution in [0.3, 0.4) is 0 Å². The molecule has 0 bridgehead atoms. The van der Waals surface area contributed by atoms with Crippen LogP contribution in [-0.2, 0) is 4.74 Å². The zero-order valence-corrected chi connectivity index (χ0v) is 9.66. The van der Waals surface area contributed by atoms with Crippen LogP contribution in [0.4, 0.5) is 5.69 Å². The van der Waals surface area contributed by atoms with Crippen LogP contribution in [0.25, 0.3) is 5.82 Å². The van der Waals surface area contributed by atoms with Crippen molar-refractivity contribution in [2.45, 2.75) is 0 Å². The molecule has 0 fully saturated rings. The number of hydrogen-bond donors (Lipinski definition) is 1. The maximum Gasteiger partial charge on any atom is 0.339 e. The van der Waals surface area contributed by atoms with Gasteiger partial charge in [0.25, 0.3) is 5.56 Å². The molecule has 2 rings (SSSR count). The second-order valence-electron chi connectivity index (χ2n) is 3.54. The number of ether oxygens (including phenoxy) is 1. The summed E-state index contributed by atoms with van der Waals surface area (Å²) in [7, 11) is 1.29. The quantitative estimate of drug-likeness (QED) is 0.783. The number of nitrogen functional groups attached to an aromatic ring is 1. The number of carbonyl (C=O) groups excluding carboxylic acids is 1. The van der Waals surface area contributed by atoms with Crippen molar-refractivity contribution in [2.24, 2.45) is 0 Å². The number of methoxy groups -OCH3 is 1. The Labute approximate surface area is 103 Å². The van der Waals surface area contributed by atoms with Gasteiger partial charge in [-0.2, -0.15) is 0 Å². The van der Waals surface area contributed by atoms with Gasteiger partial charge in [-0.3, -0.25) is 9.36 Å². The fourth-order valence-electron chi connectivity index (χ4n) is 1.46. The molecule has 0 aliphatic heterocycles. The lowest BCUT2D eigenvalue weighted by Crippen LogP contribution is -2.21. The highest BCUT2D eigenvalue weighted by atomic mass is 16.5. The van der Waals surface area contributed by atoms with Crippen molar-refractivity contribution in [3.8, 4) is 5.82 Å². The highest BCUT2D eigenvalue weighted by Gasteiger charge is 2.07. The summed E-state index contributed by atoms with van der Waals surface area (Å²) >= 11 is 0. The van der Waals surface area contributed by atoms with Gasteiger partial charge in [0.15, 0.2) is 0 Å². The molecular formula is C12H11N3O3. The SMILES string of the molecule is COC(=O)c1ccc(-n2cccc(N)c2=O)nc1. The van der Waals surface area contributed by atoms with E-state index in [1.807, 2.05) is 0 Å². The number of rotatable bonds is 2. The largest absolute Gasteiger partial charge is 0.465 e. The standard InChI is InChI=1S/C12H11N3O3/c1-18-12(17)8-4-5-10(14-7-8)15-6-2-3-9(13)11(15)16/h2-7H,13H2,1H3. The Morgan fingerprint density at radius 1 is 1.39 bits per heavy atom. The van der Waals surface area contributed by atoms with Crippen molar-refractivity contribution < 1.29 is 9.53 Å². The number of hydrogen-bond acceptors (Lipinski definition) is 5. The van der Waals surface area contributed by atoms with Crippen LogP contribution < -0.4 is 11.3 Å². The Hall–Kier alpha value is -2.63. The lowest BCUT2D eigenvalue weighted by atomic mass is 10.3. The second-order valence-corrected chi connectivity index (χ2v) is 3.54. The molecule has 0 aliphatic rings. The molecule has 0 atom stereocenters. The molecule has 6 heteroatoms. The van der Waals surface area contributed by atoms with Crippen LogP contribution in [0.5, 0.6) is 0 Å². The van der Waals surface area contributed by atoms with E-state index in [-0.39, 0.29) is 11.2 Å². The summed E-state index contributed by atoms with van der Waals surface area (Å²) in [5, 5.41) is 0. The highest BCUT2D eigenvalue weighted by molar-refractivity contribution is 5.88. The lowest BCUT2D eigenvalue weighted by molar-refractivity contribution is 0.0600. The van der Waals surface area contributed by atoms with Gasteiger partial charge in [0.2, 0.25) is 0 Å². The molecule has 0 saturated heterocycles. The predicted octanol–water partition coefficient (Wildman–Crippen LogP) is 0.601. The third-order valence-electron chi connectivity index (χ3n) is 2.39. The molecule has 0 radical (unpaired) electrons. The Kier molecular flexibility index (Phi) is 3.09. The third kappa shape index (κ3) is 2.08. The van der Waals surface area contributed by atoms with E-state index in [1.165, 1.54) is 30.0 Å².